The van der Waals surface area contributed by atoms with Crippen LogP contribution in [0.25, 0.3) is 10.1 Å². The molecule has 1 aliphatic heterocycles. The van der Waals surface area contributed by atoms with E-state index in [0.717, 1.165) is 21.8 Å². The standard InChI is InChI=1S/C18H17F3N4O2S/c1-23-16(18(19,20)21)22-25(17(23)27)12-6-8-24(9-7-12)15(26)14-10-11-4-2-3-5-13(11)28-14/h2-5,10,12H,6-9H2,1H3. The molecule has 1 aromatic carbocycles. The first kappa shape index (κ1) is 18.7. The highest BCUT2D eigenvalue weighted by Crippen LogP contribution is 2.30. The summed E-state index contributed by atoms with van der Waals surface area (Å²) in [5, 5.41) is 4.51. The van der Waals surface area contributed by atoms with Crippen LogP contribution < -0.4 is 5.69 Å². The number of halogens is 3. The molecule has 1 saturated heterocycles. The van der Waals surface area contributed by atoms with Gasteiger partial charge in [-0.3, -0.25) is 9.36 Å². The Balaban J connectivity index is 1.49. The summed E-state index contributed by atoms with van der Waals surface area (Å²) in [4.78, 5) is 27.2. The van der Waals surface area contributed by atoms with E-state index in [-0.39, 0.29) is 5.91 Å². The molecule has 6 nitrogen and oxygen atoms in total. The number of likely N-dealkylation sites (tertiary alicyclic amines) is 1. The van der Waals surface area contributed by atoms with Crippen LogP contribution in [0.4, 0.5) is 13.2 Å². The van der Waals surface area contributed by atoms with E-state index in [1.807, 2.05) is 30.3 Å². The number of rotatable bonds is 2. The van der Waals surface area contributed by atoms with Crippen LogP contribution in [0.15, 0.2) is 35.1 Å². The second kappa shape index (κ2) is 6.77. The number of benzene rings is 1. The smallest absolute Gasteiger partial charge is 0.338 e. The quantitative estimate of drug-likeness (QED) is 0.651. The lowest BCUT2D eigenvalue weighted by atomic mass is 10.1. The number of fused-ring (bicyclic) bond motifs is 1. The highest BCUT2D eigenvalue weighted by molar-refractivity contribution is 7.20. The first-order valence-electron chi connectivity index (χ1n) is 8.76. The van der Waals surface area contributed by atoms with E-state index in [1.54, 1.807) is 4.90 Å². The maximum Gasteiger partial charge on any atom is 0.451 e. The van der Waals surface area contributed by atoms with Gasteiger partial charge in [0.25, 0.3) is 5.91 Å². The molecule has 148 valence electrons. The topological polar surface area (TPSA) is 60.1 Å². The molecule has 1 fully saturated rings. The molecule has 3 aromatic rings. The Morgan fingerprint density at radius 3 is 2.50 bits per heavy atom. The molecule has 28 heavy (non-hydrogen) atoms. The molecule has 4 rings (SSSR count). The summed E-state index contributed by atoms with van der Waals surface area (Å²) < 4.78 is 41.4. The van der Waals surface area contributed by atoms with Gasteiger partial charge in [-0.15, -0.1) is 16.4 Å². The largest absolute Gasteiger partial charge is 0.451 e. The fourth-order valence-electron chi connectivity index (χ4n) is 3.50. The van der Waals surface area contributed by atoms with Crippen LogP contribution >= 0.6 is 11.3 Å². The lowest BCUT2D eigenvalue weighted by Gasteiger charge is -2.31. The Hall–Kier alpha value is -2.62. The van der Waals surface area contributed by atoms with Crippen molar-refractivity contribution >= 4 is 27.3 Å². The Kier molecular flexibility index (Phi) is 4.53. The van der Waals surface area contributed by atoms with Crippen molar-refractivity contribution in [3.63, 3.8) is 0 Å². The monoisotopic (exact) mass is 410 g/mol. The molecule has 0 atom stereocenters. The van der Waals surface area contributed by atoms with Crippen LogP contribution in [-0.2, 0) is 13.2 Å². The molecule has 0 bridgehead atoms. The molecule has 1 amide bonds. The normalized spacial score (nSPS) is 16.1. The van der Waals surface area contributed by atoms with Gasteiger partial charge in [-0.25, -0.2) is 9.48 Å². The lowest BCUT2D eigenvalue weighted by Crippen LogP contribution is -2.41. The van der Waals surface area contributed by atoms with Crippen molar-refractivity contribution < 1.29 is 18.0 Å². The maximum absolute atomic E-state index is 13.0. The van der Waals surface area contributed by atoms with Gasteiger partial charge in [-0.1, -0.05) is 18.2 Å². The minimum atomic E-state index is -4.68. The van der Waals surface area contributed by atoms with Crippen molar-refractivity contribution in [2.45, 2.75) is 25.1 Å². The summed E-state index contributed by atoms with van der Waals surface area (Å²) in [5.41, 5.74) is -0.790. The number of hydrogen-bond donors (Lipinski definition) is 0. The fourth-order valence-corrected chi connectivity index (χ4v) is 4.53. The zero-order valence-corrected chi connectivity index (χ0v) is 15.8. The van der Waals surface area contributed by atoms with E-state index in [9.17, 15) is 22.8 Å². The Morgan fingerprint density at radius 2 is 1.89 bits per heavy atom. The number of hydrogen-bond acceptors (Lipinski definition) is 4. The van der Waals surface area contributed by atoms with Gasteiger partial charge in [0.15, 0.2) is 0 Å². The number of thiophene rings is 1. The third kappa shape index (κ3) is 3.21. The van der Waals surface area contributed by atoms with Crippen molar-refractivity contribution in [2.75, 3.05) is 13.1 Å². The molecule has 0 aliphatic carbocycles. The molecule has 0 radical (unpaired) electrons. The summed E-state index contributed by atoms with van der Waals surface area (Å²) in [7, 11) is 1.06. The number of nitrogens with zero attached hydrogens (tertiary/aromatic N) is 4. The van der Waals surface area contributed by atoms with Crippen molar-refractivity contribution in [2.24, 2.45) is 7.05 Å². The number of piperidine rings is 1. The van der Waals surface area contributed by atoms with E-state index < -0.39 is 23.7 Å². The molecule has 10 heteroatoms. The molecule has 0 saturated carbocycles. The predicted molar refractivity (Wildman–Crippen MR) is 98.5 cm³/mol. The molecule has 2 aromatic heterocycles. The molecule has 0 N–H and O–H groups in total. The van der Waals surface area contributed by atoms with Crippen LogP contribution in [0, 0.1) is 0 Å². The average molecular weight is 410 g/mol. The van der Waals surface area contributed by atoms with Crippen LogP contribution in [-0.4, -0.2) is 38.2 Å². The summed E-state index contributed by atoms with van der Waals surface area (Å²) >= 11 is 1.42. The minimum absolute atomic E-state index is 0.0935. The molecular weight excluding hydrogens is 393 g/mol. The predicted octanol–water partition coefficient (Wildman–Crippen LogP) is 3.29. The summed E-state index contributed by atoms with van der Waals surface area (Å²) in [5.74, 6) is -1.30. The Morgan fingerprint density at radius 1 is 1.21 bits per heavy atom. The number of carbonyl (C=O) groups excluding carboxylic acids is 1. The van der Waals surface area contributed by atoms with Crippen molar-refractivity contribution in [3.8, 4) is 0 Å². The van der Waals surface area contributed by atoms with Gasteiger partial charge in [0.05, 0.1) is 10.9 Å². The average Bonchev–Trinajstić information content (AvgIpc) is 3.23. The Bertz CT molecular complexity index is 1060. The van der Waals surface area contributed by atoms with Crippen LogP contribution in [0.5, 0.6) is 0 Å². The summed E-state index contributed by atoms with van der Waals surface area (Å²) in [6, 6.07) is 9.12. The molecule has 0 spiro atoms. The molecule has 0 unspecified atom stereocenters. The van der Waals surface area contributed by atoms with Gasteiger partial charge in [0.1, 0.15) is 0 Å². The molecule has 3 heterocycles. The number of aromatic nitrogens is 3. The van der Waals surface area contributed by atoms with E-state index >= 15 is 0 Å². The first-order valence-corrected chi connectivity index (χ1v) is 9.58. The van der Waals surface area contributed by atoms with Crippen molar-refractivity contribution in [1.82, 2.24) is 19.2 Å². The zero-order chi connectivity index (χ0) is 20.1. The van der Waals surface area contributed by atoms with Gasteiger partial charge in [-0.2, -0.15) is 13.2 Å². The van der Waals surface area contributed by atoms with Gasteiger partial charge >= 0.3 is 11.9 Å². The Labute approximate surface area is 161 Å². The second-order valence-corrected chi connectivity index (χ2v) is 7.86. The SMILES string of the molecule is Cn1c(C(F)(F)F)nn(C2CCN(C(=O)c3cc4ccccc4s3)CC2)c1=O. The van der Waals surface area contributed by atoms with Gasteiger partial charge in [-0.05, 0) is 30.4 Å². The van der Waals surface area contributed by atoms with Gasteiger partial charge in [0.2, 0.25) is 5.82 Å². The lowest BCUT2D eigenvalue weighted by molar-refractivity contribution is -0.147. The third-order valence-electron chi connectivity index (χ3n) is 4.99. The van der Waals surface area contributed by atoms with Gasteiger partial charge in [0, 0.05) is 24.8 Å². The van der Waals surface area contributed by atoms with E-state index in [4.69, 9.17) is 0 Å². The highest BCUT2D eigenvalue weighted by atomic mass is 32.1. The van der Waals surface area contributed by atoms with Crippen LogP contribution in [0.2, 0.25) is 0 Å². The van der Waals surface area contributed by atoms with Crippen molar-refractivity contribution in [1.29, 1.82) is 0 Å². The summed E-state index contributed by atoms with van der Waals surface area (Å²) in [6.45, 7) is 0.726. The van der Waals surface area contributed by atoms with Gasteiger partial charge < -0.3 is 4.90 Å². The fraction of sp³-hybridized carbons (Fsp3) is 0.389. The minimum Gasteiger partial charge on any atom is -0.338 e. The first-order chi connectivity index (χ1) is 13.3. The zero-order valence-electron chi connectivity index (χ0n) is 14.9. The third-order valence-corrected chi connectivity index (χ3v) is 6.09. The highest BCUT2D eigenvalue weighted by Gasteiger charge is 2.39. The maximum atomic E-state index is 13.0. The van der Waals surface area contributed by atoms with Crippen LogP contribution in [0.1, 0.15) is 34.4 Å². The van der Waals surface area contributed by atoms with E-state index in [2.05, 4.69) is 5.10 Å². The molecule has 1 aliphatic rings. The molecular formula is C18H17F3N4O2S. The summed E-state index contributed by atoms with van der Waals surface area (Å²) in [6.07, 6.45) is -3.92. The van der Waals surface area contributed by atoms with Crippen LogP contribution in [0.3, 0.4) is 0 Å². The number of carbonyl (C=O) groups is 1. The number of amides is 1. The van der Waals surface area contributed by atoms with Crippen molar-refractivity contribution in [3.05, 3.63) is 51.5 Å². The van der Waals surface area contributed by atoms with E-state index in [1.165, 1.54) is 11.3 Å². The second-order valence-electron chi connectivity index (χ2n) is 6.78. The van der Waals surface area contributed by atoms with E-state index in [0.29, 0.717) is 35.4 Å². The number of alkyl halides is 3.